The average Bonchev–Trinajstić information content (AvgIpc) is 2.45. The number of nitrogens with one attached hydrogen (secondary N) is 2. The Hall–Kier alpha value is -1.92. The van der Waals surface area contributed by atoms with Gasteiger partial charge in [0.05, 0.1) is 23.6 Å². The molecule has 0 saturated heterocycles. The molecule has 1 aromatic heterocycles. The summed E-state index contributed by atoms with van der Waals surface area (Å²) in [6.07, 6.45) is -0.652. The van der Waals surface area contributed by atoms with Gasteiger partial charge in [-0.05, 0) is 18.1 Å². The lowest BCUT2D eigenvalue weighted by Crippen LogP contribution is -2.27. The first-order chi connectivity index (χ1) is 10.1. The number of anilines is 1. The van der Waals surface area contributed by atoms with Crippen molar-refractivity contribution >= 4 is 16.9 Å². The second-order valence-corrected chi connectivity index (χ2v) is 5.40. The Bertz CT molecular complexity index is 639. The summed E-state index contributed by atoms with van der Waals surface area (Å²) in [6, 6.07) is 7.12. The van der Waals surface area contributed by atoms with E-state index in [1.165, 1.54) is 0 Å². The van der Waals surface area contributed by atoms with E-state index in [4.69, 9.17) is 4.74 Å². The van der Waals surface area contributed by atoms with Crippen molar-refractivity contribution in [3.05, 3.63) is 34.6 Å². The highest BCUT2D eigenvalue weighted by Gasteiger charge is 2.07. The number of nitrogens with zero attached hydrogens (tertiary/aromatic N) is 1. The van der Waals surface area contributed by atoms with Gasteiger partial charge in [-0.3, -0.25) is 9.78 Å². The van der Waals surface area contributed by atoms with Gasteiger partial charge in [0, 0.05) is 13.2 Å². The van der Waals surface area contributed by atoms with Gasteiger partial charge in [0.25, 0.3) is 5.56 Å². The molecule has 0 radical (unpaired) electrons. The van der Waals surface area contributed by atoms with Crippen molar-refractivity contribution in [2.24, 2.45) is 5.92 Å². The van der Waals surface area contributed by atoms with Crippen molar-refractivity contribution < 1.29 is 9.84 Å². The third-order valence-corrected chi connectivity index (χ3v) is 2.88. The molecule has 0 bridgehead atoms. The van der Waals surface area contributed by atoms with E-state index in [9.17, 15) is 9.90 Å². The van der Waals surface area contributed by atoms with Crippen molar-refractivity contribution in [2.75, 3.05) is 25.1 Å². The van der Waals surface area contributed by atoms with Gasteiger partial charge in [-0.25, -0.2) is 4.98 Å². The van der Waals surface area contributed by atoms with E-state index in [2.05, 4.69) is 15.3 Å². The lowest BCUT2D eigenvalue weighted by Gasteiger charge is -2.13. The van der Waals surface area contributed by atoms with E-state index < -0.39 is 6.10 Å². The number of H-pyrrole nitrogens is 1. The van der Waals surface area contributed by atoms with E-state index in [0.717, 1.165) is 0 Å². The summed E-state index contributed by atoms with van der Waals surface area (Å²) in [7, 11) is 0. The van der Waals surface area contributed by atoms with Crippen LogP contribution in [-0.4, -0.2) is 40.9 Å². The fourth-order valence-corrected chi connectivity index (χ4v) is 1.88. The van der Waals surface area contributed by atoms with Crippen LogP contribution in [0.25, 0.3) is 10.9 Å². The smallest absolute Gasteiger partial charge is 0.260 e. The Labute approximate surface area is 123 Å². The van der Waals surface area contributed by atoms with Crippen LogP contribution in [0.5, 0.6) is 0 Å². The van der Waals surface area contributed by atoms with Crippen LogP contribution in [0.4, 0.5) is 5.95 Å². The molecule has 0 aliphatic carbocycles. The van der Waals surface area contributed by atoms with Gasteiger partial charge in [-0.15, -0.1) is 0 Å². The number of ether oxygens (including phenoxy) is 1. The number of benzene rings is 1. The molecule has 0 spiro atoms. The number of aliphatic hydroxyl groups excluding tert-OH is 1. The Morgan fingerprint density at radius 2 is 2.10 bits per heavy atom. The summed E-state index contributed by atoms with van der Waals surface area (Å²) in [5.74, 6) is 0.783. The highest BCUT2D eigenvalue weighted by Crippen LogP contribution is 2.07. The molecule has 6 heteroatoms. The zero-order valence-electron chi connectivity index (χ0n) is 12.3. The molecule has 6 nitrogen and oxygen atoms in total. The molecule has 1 heterocycles. The van der Waals surface area contributed by atoms with Crippen LogP contribution in [0.3, 0.4) is 0 Å². The molecule has 21 heavy (non-hydrogen) atoms. The number of aromatic amines is 1. The number of rotatable bonds is 7. The second-order valence-electron chi connectivity index (χ2n) is 5.40. The molecule has 1 atom stereocenters. The molecule has 3 N–H and O–H groups in total. The Kier molecular flexibility index (Phi) is 5.30. The molecule has 0 aliphatic heterocycles. The second kappa shape index (κ2) is 7.19. The zero-order chi connectivity index (χ0) is 15.2. The van der Waals surface area contributed by atoms with E-state index in [1.807, 2.05) is 19.9 Å². The molecule has 0 saturated carbocycles. The van der Waals surface area contributed by atoms with E-state index >= 15 is 0 Å². The first-order valence-corrected chi connectivity index (χ1v) is 7.05. The lowest BCUT2D eigenvalue weighted by molar-refractivity contribution is 0.0317. The highest BCUT2D eigenvalue weighted by molar-refractivity contribution is 5.78. The molecule has 2 aromatic rings. The summed E-state index contributed by atoms with van der Waals surface area (Å²) in [5, 5.41) is 13.3. The summed E-state index contributed by atoms with van der Waals surface area (Å²) in [4.78, 5) is 18.8. The normalized spacial score (nSPS) is 12.8. The monoisotopic (exact) mass is 291 g/mol. The topological polar surface area (TPSA) is 87.2 Å². The van der Waals surface area contributed by atoms with E-state index in [-0.39, 0.29) is 18.7 Å². The SMILES string of the molecule is CC(C)COC[C@@H](O)CNc1nc2ccccc2c(=O)[nH]1. The van der Waals surface area contributed by atoms with Crippen LogP contribution in [0.2, 0.25) is 0 Å². The van der Waals surface area contributed by atoms with Gasteiger partial charge in [0.2, 0.25) is 5.95 Å². The van der Waals surface area contributed by atoms with Crippen LogP contribution in [0.1, 0.15) is 13.8 Å². The van der Waals surface area contributed by atoms with Gasteiger partial charge < -0.3 is 15.2 Å². The summed E-state index contributed by atoms with van der Waals surface area (Å²) >= 11 is 0. The van der Waals surface area contributed by atoms with E-state index in [1.54, 1.807) is 18.2 Å². The molecule has 1 aromatic carbocycles. The minimum absolute atomic E-state index is 0.200. The van der Waals surface area contributed by atoms with Gasteiger partial charge >= 0.3 is 0 Å². The Morgan fingerprint density at radius 3 is 2.86 bits per heavy atom. The van der Waals surface area contributed by atoms with Crippen LogP contribution < -0.4 is 10.9 Å². The zero-order valence-corrected chi connectivity index (χ0v) is 12.3. The number of aromatic nitrogens is 2. The van der Waals surface area contributed by atoms with E-state index in [0.29, 0.717) is 29.4 Å². The molecule has 0 amide bonds. The van der Waals surface area contributed by atoms with Gasteiger partial charge in [0.15, 0.2) is 0 Å². The molecular weight excluding hydrogens is 270 g/mol. The number of para-hydroxylation sites is 1. The third-order valence-electron chi connectivity index (χ3n) is 2.88. The van der Waals surface area contributed by atoms with Crippen molar-refractivity contribution in [1.82, 2.24) is 9.97 Å². The highest BCUT2D eigenvalue weighted by atomic mass is 16.5. The largest absolute Gasteiger partial charge is 0.389 e. The minimum atomic E-state index is -0.652. The standard InChI is InChI=1S/C15H21N3O3/c1-10(2)8-21-9-11(19)7-16-15-17-13-6-4-3-5-12(13)14(20)18-15/h3-6,10-11,19H,7-9H2,1-2H3,(H2,16,17,18,20)/t11-/m0/s1. The van der Waals surface area contributed by atoms with Crippen molar-refractivity contribution in [2.45, 2.75) is 20.0 Å². The molecule has 2 rings (SSSR count). The van der Waals surface area contributed by atoms with Crippen molar-refractivity contribution in [3.63, 3.8) is 0 Å². The fourth-order valence-electron chi connectivity index (χ4n) is 1.88. The van der Waals surface area contributed by atoms with Crippen molar-refractivity contribution in [1.29, 1.82) is 0 Å². The number of aliphatic hydroxyl groups is 1. The van der Waals surface area contributed by atoms with Crippen LogP contribution in [-0.2, 0) is 4.74 Å². The van der Waals surface area contributed by atoms with Gasteiger partial charge in [0.1, 0.15) is 0 Å². The Balaban J connectivity index is 1.93. The lowest BCUT2D eigenvalue weighted by atomic mass is 10.2. The third kappa shape index (κ3) is 4.54. The Morgan fingerprint density at radius 1 is 1.33 bits per heavy atom. The van der Waals surface area contributed by atoms with Crippen LogP contribution >= 0.6 is 0 Å². The quantitative estimate of drug-likeness (QED) is 0.717. The average molecular weight is 291 g/mol. The predicted molar refractivity (Wildman–Crippen MR) is 82.5 cm³/mol. The summed E-state index contributed by atoms with van der Waals surface area (Å²) < 4.78 is 5.36. The van der Waals surface area contributed by atoms with Crippen LogP contribution in [0, 0.1) is 5.92 Å². The molecule has 0 fully saturated rings. The summed E-state index contributed by atoms with van der Waals surface area (Å²) in [6.45, 7) is 5.23. The molecule has 114 valence electrons. The number of fused-ring (bicyclic) bond motifs is 1. The number of hydrogen-bond donors (Lipinski definition) is 3. The first kappa shape index (κ1) is 15.5. The van der Waals surface area contributed by atoms with Crippen LogP contribution in [0.15, 0.2) is 29.1 Å². The maximum Gasteiger partial charge on any atom is 0.260 e. The van der Waals surface area contributed by atoms with Gasteiger partial charge in [-0.1, -0.05) is 26.0 Å². The first-order valence-electron chi connectivity index (χ1n) is 7.05. The molecular formula is C15H21N3O3. The maximum absolute atomic E-state index is 11.9. The maximum atomic E-state index is 11.9. The van der Waals surface area contributed by atoms with Crippen molar-refractivity contribution in [3.8, 4) is 0 Å². The number of hydrogen-bond acceptors (Lipinski definition) is 5. The van der Waals surface area contributed by atoms with Gasteiger partial charge in [-0.2, -0.15) is 0 Å². The predicted octanol–water partition coefficient (Wildman–Crippen LogP) is 1.37. The molecule has 0 unspecified atom stereocenters. The fraction of sp³-hybridized carbons (Fsp3) is 0.467. The molecule has 0 aliphatic rings. The summed E-state index contributed by atoms with van der Waals surface area (Å²) in [5.41, 5.74) is 0.419. The minimum Gasteiger partial charge on any atom is -0.389 e.